The maximum atomic E-state index is 8.37. The molecule has 0 radical (unpaired) electrons. The van der Waals surface area contributed by atoms with Gasteiger partial charge < -0.3 is 9.84 Å². The van der Waals surface area contributed by atoms with E-state index in [2.05, 4.69) is 6.08 Å². The van der Waals surface area contributed by atoms with Gasteiger partial charge in [-0.05, 0) is 12.8 Å². The molecule has 2 heteroatoms. The Kier molecular flexibility index (Phi) is 3.94. The van der Waals surface area contributed by atoms with Crippen molar-refractivity contribution >= 4 is 0 Å². The first-order valence-corrected chi connectivity index (χ1v) is 3.95. The van der Waals surface area contributed by atoms with E-state index in [-0.39, 0.29) is 6.61 Å². The molecule has 62 valence electrons. The molecule has 1 aliphatic rings. The summed E-state index contributed by atoms with van der Waals surface area (Å²) in [6.07, 6.45) is 8.16. The lowest BCUT2D eigenvalue weighted by Crippen LogP contribution is -1.90. The summed E-state index contributed by atoms with van der Waals surface area (Å²) in [5.74, 6) is 0. The summed E-state index contributed by atoms with van der Waals surface area (Å²) in [6.45, 7) is 1.42. The average molecular weight is 154 g/mol. The highest BCUT2D eigenvalue weighted by Crippen LogP contribution is 2.26. The maximum absolute atomic E-state index is 8.37. The topological polar surface area (TPSA) is 29.5 Å². The second kappa shape index (κ2) is 5.10. The molecule has 11 heavy (non-hydrogen) atoms. The van der Waals surface area contributed by atoms with Crippen LogP contribution in [0.4, 0.5) is 0 Å². The Balaban J connectivity index is 1.87. The largest absolute Gasteiger partial charge is 0.392 e. The van der Waals surface area contributed by atoms with E-state index in [1.165, 1.54) is 18.4 Å². The van der Waals surface area contributed by atoms with Crippen LogP contribution in [0.15, 0.2) is 23.8 Å². The minimum atomic E-state index is 0.102. The minimum absolute atomic E-state index is 0.102. The van der Waals surface area contributed by atoms with E-state index in [1.54, 1.807) is 6.08 Å². The number of aliphatic hydroxyl groups is 1. The molecular weight excluding hydrogens is 140 g/mol. The third-order valence-electron chi connectivity index (χ3n) is 1.51. The van der Waals surface area contributed by atoms with Crippen LogP contribution in [0.3, 0.4) is 0 Å². The Morgan fingerprint density at radius 3 is 2.73 bits per heavy atom. The molecule has 0 amide bonds. The van der Waals surface area contributed by atoms with Gasteiger partial charge in [0.1, 0.15) is 0 Å². The molecule has 0 heterocycles. The standard InChI is InChI=1S/C9H14O2/c10-6-1-2-7-11-8-5-9-3-4-9/h1-2,5,10H,3-4,6-8H2/b2-1-. The molecular formula is C9H14O2. The minimum Gasteiger partial charge on any atom is -0.392 e. The summed E-state index contributed by atoms with van der Waals surface area (Å²) in [5.41, 5.74) is 1.51. The lowest BCUT2D eigenvalue weighted by molar-refractivity contribution is 0.193. The monoisotopic (exact) mass is 154 g/mol. The van der Waals surface area contributed by atoms with Crippen molar-refractivity contribution in [3.8, 4) is 0 Å². The third-order valence-corrected chi connectivity index (χ3v) is 1.51. The zero-order chi connectivity index (χ0) is 7.94. The van der Waals surface area contributed by atoms with Gasteiger partial charge in [-0.15, -0.1) is 0 Å². The van der Waals surface area contributed by atoms with E-state index >= 15 is 0 Å². The summed E-state index contributed by atoms with van der Waals surface area (Å²) in [7, 11) is 0. The summed E-state index contributed by atoms with van der Waals surface area (Å²) in [5, 5.41) is 8.37. The van der Waals surface area contributed by atoms with Gasteiger partial charge in [-0.1, -0.05) is 23.8 Å². The maximum Gasteiger partial charge on any atom is 0.0654 e. The predicted molar refractivity (Wildman–Crippen MR) is 44.4 cm³/mol. The van der Waals surface area contributed by atoms with Crippen LogP contribution in [0.25, 0.3) is 0 Å². The van der Waals surface area contributed by atoms with Gasteiger partial charge in [0, 0.05) is 0 Å². The van der Waals surface area contributed by atoms with Crippen LogP contribution in [0.2, 0.25) is 0 Å². The molecule has 1 fully saturated rings. The molecule has 1 N–H and O–H groups in total. The first kappa shape index (κ1) is 8.50. The van der Waals surface area contributed by atoms with Crippen LogP contribution in [-0.4, -0.2) is 24.9 Å². The van der Waals surface area contributed by atoms with Crippen molar-refractivity contribution in [2.45, 2.75) is 12.8 Å². The van der Waals surface area contributed by atoms with Gasteiger partial charge >= 0.3 is 0 Å². The Labute approximate surface area is 67.2 Å². The van der Waals surface area contributed by atoms with Crippen molar-refractivity contribution in [1.82, 2.24) is 0 Å². The smallest absolute Gasteiger partial charge is 0.0654 e. The van der Waals surface area contributed by atoms with Crippen LogP contribution in [0, 0.1) is 0 Å². The van der Waals surface area contributed by atoms with Crippen LogP contribution < -0.4 is 0 Å². The molecule has 1 saturated carbocycles. The van der Waals surface area contributed by atoms with Crippen molar-refractivity contribution in [1.29, 1.82) is 0 Å². The number of allylic oxidation sites excluding steroid dienone is 1. The summed E-state index contributed by atoms with van der Waals surface area (Å²) in [6, 6.07) is 0. The fourth-order valence-electron chi connectivity index (χ4n) is 0.732. The highest BCUT2D eigenvalue weighted by molar-refractivity contribution is 5.16. The van der Waals surface area contributed by atoms with E-state index in [0.717, 1.165) is 0 Å². The third kappa shape index (κ3) is 4.76. The van der Waals surface area contributed by atoms with Gasteiger partial charge in [-0.25, -0.2) is 0 Å². The molecule has 2 nitrogen and oxygen atoms in total. The Morgan fingerprint density at radius 2 is 2.09 bits per heavy atom. The molecule has 0 unspecified atom stereocenters. The SMILES string of the molecule is OC/C=C\COCC=C1CC1. The van der Waals surface area contributed by atoms with Crippen LogP contribution >= 0.6 is 0 Å². The van der Waals surface area contributed by atoms with Gasteiger partial charge in [0.05, 0.1) is 19.8 Å². The first-order chi connectivity index (χ1) is 5.43. The Morgan fingerprint density at radius 1 is 1.27 bits per heavy atom. The molecule has 0 atom stereocenters. The van der Waals surface area contributed by atoms with E-state index in [4.69, 9.17) is 9.84 Å². The molecule has 0 saturated heterocycles. The van der Waals surface area contributed by atoms with Crippen molar-refractivity contribution in [3.63, 3.8) is 0 Å². The van der Waals surface area contributed by atoms with Crippen LogP contribution in [0.1, 0.15) is 12.8 Å². The van der Waals surface area contributed by atoms with E-state index < -0.39 is 0 Å². The molecule has 0 bridgehead atoms. The average Bonchev–Trinajstić information content (AvgIpc) is 2.80. The number of hydrogen-bond donors (Lipinski definition) is 1. The fraction of sp³-hybridized carbons (Fsp3) is 0.556. The Hall–Kier alpha value is -0.600. The molecule has 0 aromatic rings. The van der Waals surface area contributed by atoms with Crippen molar-refractivity contribution in [3.05, 3.63) is 23.8 Å². The normalized spacial score (nSPS) is 15.9. The van der Waals surface area contributed by atoms with E-state index in [0.29, 0.717) is 13.2 Å². The number of ether oxygens (including phenoxy) is 1. The molecule has 0 aliphatic heterocycles. The molecule has 0 aromatic carbocycles. The van der Waals surface area contributed by atoms with Crippen molar-refractivity contribution < 1.29 is 9.84 Å². The van der Waals surface area contributed by atoms with Crippen LogP contribution in [-0.2, 0) is 4.74 Å². The van der Waals surface area contributed by atoms with Gasteiger partial charge in [-0.2, -0.15) is 0 Å². The summed E-state index contributed by atoms with van der Waals surface area (Å²) >= 11 is 0. The highest BCUT2D eigenvalue weighted by atomic mass is 16.5. The second-order valence-corrected chi connectivity index (χ2v) is 2.55. The van der Waals surface area contributed by atoms with Gasteiger partial charge in [0.25, 0.3) is 0 Å². The zero-order valence-corrected chi connectivity index (χ0v) is 6.62. The van der Waals surface area contributed by atoms with Gasteiger partial charge in [-0.3, -0.25) is 0 Å². The zero-order valence-electron chi connectivity index (χ0n) is 6.62. The van der Waals surface area contributed by atoms with Crippen molar-refractivity contribution in [2.24, 2.45) is 0 Å². The van der Waals surface area contributed by atoms with E-state index in [1.807, 2.05) is 6.08 Å². The van der Waals surface area contributed by atoms with Gasteiger partial charge in [0.15, 0.2) is 0 Å². The first-order valence-electron chi connectivity index (χ1n) is 3.95. The number of rotatable bonds is 5. The Bertz CT molecular complexity index is 153. The molecule has 0 spiro atoms. The van der Waals surface area contributed by atoms with E-state index in [9.17, 15) is 0 Å². The lowest BCUT2D eigenvalue weighted by Gasteiger charge is -1.92. The fourth-order valence-corrected chi connectivity index (χ4v) is 0.732. The lowest BCUT2D eigenvalue weighted by atomic mass is 10.5. The van der Waals surface area contributed by atoms with Crippen LogP contribution in [0.5, 0.6) is 0 Å². The molecule has 1 rings (SSSR count). The highest BCUT2D eigenvalue weighted by Gasteiger charge is 2.08. The number of aliphatic hydroxyl groups excluding tert-OH is 1. The molecule has 1 aliphatic carbocycles. The second-order valence-electron chi connectivity index (χ2n) is 2.55. The quantitative estimate of drug-likeness (QED) is 0.477. The number of hydrogen-bond acceptors (Lipinski definition) is 2. The summed E-state index contributed by atoms with van der Waals surface area (Å²) in [4.78, 5) is 0. The van der Waals surface area contributed by atoms with Crippen molar-refractivity contribution in [2.75, 3.05) is 19.8 Å². The molecule has 0 aromatic heterocycles. The predicted octanol–water partition coefficient (Wildman–Crippen LogP) is 1.27. The summed E-state index contributed by atoms with van der Waals surface area (Å²) < 4.78 is 5.21. The van der Waals surface area contributed by atoms with Gasteiger partial charge in [0.2, 0.25) is 0 Å².